The van der Waals surface area contributed by atoms with Crippen molar-refractivity contribution in [2.75, 3.05) is 36.4 Å². The van der Waals surface area contributed by atoms with Crippen LogP contribution < -0.4 is 10.2 Å². The fraction of sp³-hybridized carbons (Fsp3) is 0.381. The van der Waals surface area contributed by atoms with Crippen LogP contribution in [0.5, 0.6) is 0 Å². The molecule has 1 aliphatic rings. The van der Waals surface area contributed by atoms with Crippen molar-refractivity contribution in [2.24, 2.45) is 0 Å². The van der Waals surface area contributed by atoms with Crippen LogP contribution in [-0.4, -0.2) is 37.1 Å². The Balaban J connectivity index is 1.64. The molecule has 0 radical (unpaired) electrons. The van der Waals surface area contributed by atoms with Crippen molar-refractivity contribution >= 4 is 17.4 Å². The summed E-state index contributed by atoms with van der Waals surface area (Å²) in [4.78, 5) is 16.6. The van der Waals surface area contributed by atoms with Gasteiger partial charge in [0.05, 0.1) is 0 Å². The van der Waals surface area contributed by atoms with Crippen molar-refractivity contribution in [2.45, 2.75) is 26.7 Å². The molecule has 2 aromatic rings. The highest BCUT2D eigenvalue weighted by molar-refractivity contribution is 5.89. The number of urea groups is 1. The summed E-state index contributed by atoms with van der Waals surface area (Å²) in [6.45, 7) is 9.52. The molecule has 0 bridgehead atoms. The number of carbonyl (C=O) groups excluding carboxylic acids is 1. The lowest BCUT2D eigenvalue weighted by Gasteiger charge is -2.38. The predicted octanol–water partition coefficient (Wildman–Crippen LogP) is 4.61. The molecule has 1 N–H and O–H groups in total. The van der Waals surface area contributed by atoms with Crippen LogP contribution in [0.25, 0.3) is 0 Å². The van der Waals surface area contributed by atoms with Gasteiger partial charge in [-0.15, -0.1) is 0 Å². The van der Waals surface area contributed by atoms with Gasteiger partial charge in [-0.25, -0.2) is 9.18 Å². The summed E-state index contributed by atoms with van der Waals surface area (Å²) in [6, 6.07) is 12.2. The number of anilines is 2. The molecule has 0 saturated carbocycles. The summed E-state index contributed by atoms with van der Waals surface area (Å²) >= 11 is 0. The second-order valence-electron chi connectivity index (χ2n) is 7.08. The molecule has 1 heterocycles. The number of aryl methyl sites for hydroxylation is 1. The first kappa shape index (κ1) is 18.2. The SMILES string of the molecule is Cc1cccc(C(C)C)c1N1CCN(C(=O)Nc2ccc(F)cc2)CC1. The van der Waals surface area contributed by atoms with E-state index < -0.39 is 0 Å². The molecule has 5 heteroatoms. The Morgan fingerprint density at radius 2 is 1.69 bits per heavy atom. The minimum Gasteiger partial charge on any atom is -0.368 e. The second kappa shape index (κ2) is 7.77. The molecule has 0 unspecified atom stereocenters. The van der Waals surface area contributed by atoms with Gasteiger partial charge in [-0.1, -0.05) is 32.0 Å². The number of para-hydroxylation sites is 1. The van der Waals surface area contributed by atoms with Crippen LogP contribution in [0.2, 0.25) is 0 Å². The van der Waals surface area contributed by atoms with E-state index in [1.54, 1.807) is 12.1 Å². The number of rotatable bonds is 3. The van der Waals surface area contributed by atoms with Crippen LogP contribution in [-0.2, 0) is 0 Å². The predicted molar refractivity (Wildman–Crippen MR) is 104 cm³/mol. The van der Waals surface area contributed by atoms with Gasteiger partial charge in [0, 0.05) is 37.6 Å². The normalized spacial score (nSPS) is 14.7. The summed E-state index contributed by atoms with van der Waals surface area (Å²) in [5, 5.41) is 2.84. The van der Waals surface area contributed by atoms with Gasteiger partial charge in [-0.2, -0.15) is 0 Å². The number of hydrogen-bond acceptors (Lipinski definition) is 2. The van der Waals surface area contributed by atoms with E-state index in [0.717, 1.165) is 13.1 Å². The van der Waals surface area contributed by atoms with Crippen molar-refractivity contribution in [1.82, 2.24) is 4.90 Å². The first-order valence-electron chi connectivity index (χ1n) is 9.11. The van der Waals surface area contributed by atoms with Gasteiger partial charge in [-0.3, -0.25) is 0 Å². The van der Waals surface area contributed by atoms with E-state index in [-0.39, 0.29) is 11.8 Å². The zero-order valence-corrected chi connectivity index (χ0v) is 15.6. The van der Waals surface area contributed by atoms with E-state index in [4.69, 9.17) is 0 Å². The van der Waals surface area contributed by atoms with Gasteiger partial charge in [0.25, 0.3) is 0 Å². The van der Waals surface area contributed by atoms with E-state index in [2.05, 4.69) is 49.2 Å². The minimum atomic E-state index is -0.309. The van der Waals surface area contributed by atoms with Gasteiger partial charge in [0.2, 0.25) is 0 Å². The molecule has 4 nitrogen and oxygen atoms in total. The summed E-state index contributed by atoms with van der Waals surface area (Å²) in [7, 11) is 0. The number of amides is 2. The largest absolute Gasteiger partial charge is 0.368 e. The molecule has 1 saturated heterocycles. The van der Waals surface area contributed by atoms with Gasteiger partial charge in [0.1, 0.15) is 5.82 Å². The molecular weight excluding hydrogens is 329 g/mol. The van der Waals surface area contributed by atoms with Crippen molar-refractivity contribution in [3.05, 3.63) is 59.4 Å². The standard InChI is InChI=1S/C21H26FN3O/c1-15(2)19-6-4-5-16(3)20(19)24-11-13-25(14-12-24)21(26)23-18-9-7-17(22)8-10-18/h4-10,15H,11-14H2,1-3H3,(H,23,26). The number of carbonyl (C=O) groups is 1. The van der Waals surface area contributed by atoms with Crippen molar-refractivity contribution < 1.29 is 9.18 Å². The van der Waals surface area contributed by atoms with Crippen LogP contribution in [0, 0.1) is 12.7 Å². The van der Waals surface area contributed by atoms with Gasteiger partial charge < -0.3 is 15.1 Å². The highest BCUT2D eigenvalue weighted by atomic mass is 19.1. The van der Waals surface area contributed by atoms with Gasteiger partial charge in [-0.05, 0) is 48.2 Å². The molecule has 1 fully saturated rings. The monoisotopic (exact) mass is 355 g/mol. The molecule has 2 amide bonds. The zero-order valence-electron chi connectivity index (χ0n) is 15.6. The molecule has 2 aromatic carbocycles. The number of halogens is 1. The van der Waals surface area contributed by atoms with E-state index in [9.17, 15) is 9.18 Å². The topological polar surface area (TPSA) is 35.6 Å². The molecule has 138 valence electrons. The van der Waals surface area contributed by atoms with E-state index >= 15 is 0 Å². The Bertz CT molecular complexity index is 765. The Hall–Kier alpha value is -2.56. The summed E-state index contributed by atoms with van der Waals surface area (Å²) < 4.78 is 13.0. The summed E-state index contributed by atoms with van der Waals surface area (Å²) in [5.41, 5.74) is 4.55. The van der Waals surface area contributed by atoms with Gasteiger partial charge >= 0.3 is 6.03 Å². The average Bonchev–Trinajstić information content (AvgIpc) is 2.63. The average molecular weight is 355 g/mol. The van der Waals surface area contributed by atoms with Crippen LogP contribution in [0.1, 0.15) is 30.9 Å². The first-order valence-corrected chi connectivity index (χ1v) is 9.11. The maximum Gasteiger partial charge on any atom is 0.321 e. The lowest BCUT2D eigenvalue weighted by Crippen LogP contribution is -2.50. The molecule has 26 heavy (non-hydrogen) atoms. The molecule has 0 aromatic heterocycles. The maximum atomic E-state index is 13.0. The third-order valence-electron chi connectivity index (χ3n) is 4.87. The quantitative estimate of drug-likeness (QED) is 0.872. The number of piperazine rings is 1. The van der Waals surface area contributed by atoms with E-state index in [1.807, 2.05) is 4.90 Å². The van der Waals surface area contributed by atoms with E-state index in [0.29, 0.717) is 24.7 Å². The molecular formula is C21H26FN3O. The fourth-order valence-corrected chi connectivity index (χ4v) is 3.45. The number of nitrogens with one attached hydrogen (secondary N) is 1. The van der Waals surface area contributed by atoms with Crippen LogP contribution >= 0.6 is 0 Å². The van der Waals surface area contributed by atoms with Crippen LogP contribution in [0.4, 0.5) is 20.6 Å². The highest BCUT2D eigenvalue weighted by Crippen LogP contribution is 2.31. The Labute approximate surface area is 154 Å². The number of hydrogen-bond donors (Lipinski definition) is 1. The molecule has 0 aliphatic carbocycles. The molecule has 0 atom stereocenters. The molecule has 1 aliphatic heterocycles. The summed E-state index contributed by atoms with van der Waals surface area (Å²) in [6.07, 6.45) is 0. The van der Waals surface area contributed by atoms with Crippen molar-refractivity contribution in [3.8, 4) is 0 Å². The number of benzene rings is 2. The van der Waals surface area contributed by atoms with Crippen molar-refractivity contribution in [3.63, 3.8) is 0 Å². The van der Waals surface area contributed by atoms with Crippen LogP contribution in [0.15, 0.2) is 42.5 Å². The Morgan fingerprint density at radius 1 is 1.04 bits per heavy atom. The zero-order chi connectivity index (χ0) is 18.7. The number of nitrogens with zero attached hydrogens (tertiary/aromatic N) is 2. The first-order chi connectivity index (χ1) is 12.5. The fourth-order valence-electron chi connectivity index (χ4n) is 3.45. The second-order valence-corrected chi connectivity index (χ2v) is 7.08. The van der Waals surface area contributed by atoms with Gasteiger partial charge in [0.15, 0.2) is 0 Å². The Morgan fingerprint density at radius 3 is 2.31 bits per heavy atom. The van der Waals surface area contributed by atoms with E-state index in [1.165, 1.54) is 28.9 Å². The maximum absolute atomic E-state index is 13.0. The minimum absolute atomic E-state index is 0.134. The lowest BCUT2D eigenvalue weighted by molar-refractivity contribution is 0.208. The van der Waals surface area contributed by atoms with Crippen LogP contribution in [0.3, 0.4) is 0 Å². The lowest BCUT2D eigenvalue weighted by atomic mass is 9.97. The van der Waals surface area contributed by atoms with Crippen molar-refractivity contribution in [1.29, 1.82) is 0 Å². The molecule has 0 spiro atoms. The third kappa shape index (κ3) is 3.98. The summed E-state index contributed by atoms with van der Waals surface area (Å²) in [5.74, 6) is 0.153. The third-order valence-corrected chi connectivity index (χ3v) is 4.87. The molecule has 3 rings (SSSR count). The highest BCUT2D eigenvalue weighted by Gasteiger charge is 2.24. The Kier molecular flexibility index (Phi) is 5.45. The smallest absolute Gasteiger partial charge is 0.321 e.